The van der Waals surface area contributed by atoms with E-state index < -0.39 is 11.6 Å². The van der Waals surface area contributed by atoms with Crippen molar-refractivity contribution in [1.29, 1.82) is 0 Å². The number of nitrogens with zero attached hydrogens (tertiary/aromatic N) is 4. The maximum Gasteiger partial charge on any atom is 0.264 e. The Labute approximate surface area is 151 Å². The van der Waals surface area contributed by atoms with Crippen molar-refractivity contribution in [1.82, 2.24) is 25.0 Å². The zero-order valence-electron chi connectivity index (χ0n) is 13.7. The van der Waals surface area contributed by atoms with E-state index in [1.165, 1.54) is 29.1 Å². The minimum atomic E-state index is -0.982. The molecule has 0 unspecified atom stereocenters. The number of nitrogen functional groups attached to an aromatic ring is 1. The number of hydrogen-bond acceptors (Lipinski definition) is 5. The second-order valence-corrected chi connectivity index (χ2v) is 5.71. The van der Waals surface area contributed by atoms with Gasteiger partial charge in [-0.25, -0.2) is 23.5 Å². The molecule has 0 amide bonds. The number of H-pyrrole nitrogens is 1. The van der Waals surface area contributed by atoms with Crippen molar-refractivity contribution in [2.75, 3.05) is 5.73 Å². The summed E-state index contributed by atoms with van der Waals surface area (Å²) in [5.41, 5.74) is 7.49. The number of aromatic nitrogens is 5. The van der Waals surface area contributed by atoms with E-state index in [1.807, 2.05) is 0 Å². The van der Waals surface area contributed by atoms with Gasteiger partial charge in [-0.2, -0.15) is 10.2 Å². The van der Waals surface area contributed by atoms with E-state index in [0.717, 1.165) is 12.1 Å². The lowest BCUT2D eigenvalue weighted by molar-refractivity contribution is 0.509. The van der Waals surface area contributed by atoms with Gasteiger partial charge in [0.05, 0.1) is 0 Å². The molecule has 9 heteroatoms. The van der Waals surface area contributed by atoms with Crippen molar-refractivity contribution < 1.29 is 8.78 Å². The van der Waals surface area contributed by atoms with Crippen LogP contribution in [0.25, 0.3) is 28.2 Å². The third-order valence-electron chi connectivity index (χ3n) is 3.90. The summed E-state index contributed by atoms with van der Waals surface area (Å²) in [5, 5.41) is 10.7. The number of halogens is 2. The molecule has 0 saturated heterocycles. The molecule has 7 nitrogen and oxygen atoms in total. The third kappa shape index (κ3) is 3.17. The van der Waals surface area contributed by atoms with Crippen molar-refractivity contribution >= 4 is 5.82 Å². The van der Waals surface area contributed by atoms with Gasteiger partial charge in [0, 0.05) is 29.6 Å². The fourth-order valence-corrected chi connectivity index (χ4v) is 2.64. The van der Waals surface area contributed by atoms with E-state index in [0.29, 0.717) is 34.0 Å². The Morgan fingerprint density at radius 3 is 2.56 bits per heavy atom. The first-order chi connectivity index (χ1) is 13.0. The lowest BCUT2D eigenvalue weighted by Gasteiger charge is -2.04. The molecule has 0 bridgehead atoms. The summed E-state index contributed by atoms with van der Waals surface area (Å²) < 4.78 is 28.5. The first-order valence-electron chi connectivity index (χ1n) is 7.84. The minimum absolute atomic E-state index is 0.304. The van der Waals surface area contributed by atoms with Gasteiger partial charge < -0.3 is 5.73 Å². The molecule has 4 aromatic rings. The fraction of sp³-hybridized carbons (Fsp3) is 0. The minimum Gasteiger partial charge on any atom is -0.384 e. The number of nitrogens with two attached hydrogens (primary N) is 1. The number of anilines is 1. The number of benzene rings is 1. The van der Waals surface area contributed by atoms with E-state index in [1.54, 1.807) is 18.3 Å². The highest BCUT2D eigenvalue weighted by Crippen LogP contribution is 2.32. The summed E-state index contributed by atoms with van der Waals surface area (Å²) in [6.07, 6.45) is 3.20. The molecule has 4 rings (SSSR count). The molecule has 3 aromatic heterocycles. The van der Waals surface area contributed by atoms with Gasteiger partial charge in [0.25, 0.3) is 5.56 Å². The molecule has 134 valence electrons. The molecule has 0 aliphatic rings. The smallest absolute Gasteiger partial charge is 0.264 e. The van der Waals surface area contributed by atoms with Crippen molar-refractivity contribution in [3.05, 3.63) is 76.8 Å². The van der Waals surface area contributed by atoms with E-state index >= 15 is 0 Å². The molecule has 0 aliphatic heterocycles. The highest BCUT2D eigenvalue weighted by atomic mass is 19.2. The Balaban J connectivity index is 1.93. The van der Waals surface area contributed by atoms with Crippen molar-refractivity contribution in [3.8, 4) is 28.2 Å². The number of pyridine rings is 1. The molecule has 0 spiro atoms. The van der Waals surface area contributed by atoms with Crippen LogP contribution < -0.4 is 11.3 Å². The monoisotopic (exact) mass is 366 g/mol. The quantitative estimate of drug-likeness (QED) is 0.580. The summed E-state index contributed by atoms with van der Waals surface area (Å²) in [7, 11) is 0. The number of rotatable bonds is 3. The van der Waals surface area contributed by atoms with Gasteiger partial charge >= 0.3 is 0 Å². The van der Waals surface area contributed by atoms with Gasteiger partial charge in [0.2, 0.25) is 0 Å². The Morgan fingerprint density at radius 2 is 1.85 bits per heavy atom. The molecular formula is C18H12F2N6O. The maximum atomic E-state index is 13.7. The molecule has 3 heterocycles. The van der Waals surface area contributed by atoms with Gasteiger partial charge in [0.1, 0.15) is 11.5 Å². The second kappa shape index (κ2) is 6.45. The summed E-state index contributed by atoms with van der Waals surface area (Å²) >= 11 is 0. The van der Waals surface area contributed by atoms with E-state index in [2.05, 4.69) is 20.3 Å². The Hall–Kier alpha value is -3.88. The Morgan fingerprint density at radius 1 is 1.00 bits per heavy atom. The standard InChI is InChI=1S/C18H12F2N6O/c19-13-2-1-11(7-14(13)20)18-12(10-5-6-22-15(21)8-10)9-26(25-18)16-3-4-17(27)24-23-16/h1-9H,(H2,21,22)(H,24,27). The average Bonchev–Trinajstić information content (AvgIpc) is 3.10. The normalized spacial score (nSPS) is 10.9. The lowest BCUT2D eigenvalue weighted by Crippen LogP contribution is -2.09. The zero-order chi connectivity index (χ0) is 19.0. The highest BCUT2D eigenvalue weighted by Gasteiger charge is 2.16. The lowest BCUT2D eigenvalue weighted by atomic mass is 10.0. The van der Waals surface area contributed by atoms with Crippen molar-refractivity contribution in [2.45, 2.75) is 0 Å². The molecular weight excluding hydrogens is 354 g/mol. The topological polar surface area (TPSA) is 102 Å². The molecule has 3 N–H and O–H groups in total. The summed E-state index contributed by atoms with van der Waals surface area (Å²) in [6, 6.07) is 9.70. The van der Waals surface area contributed by atoms with Crippen molar-refractivity contribution in [3.63, 3.8) is 0 Å². The van der Waals surface area contributed by atoms with Crippen LogP contribution in [0.4, 0.5) is 14.6 Å². The molecule has 0 radical (unpaired) electrons. The molecule has 27 heavy (non-hydrogen) atoms. The Kier molecular flexibility index (Phi) is 3.96. The summed E-state index contributed by atoms with van der Waals surface area (Å²) in [4.78, 5) is 15.2. The number of hydrogen-bond donors (Lipinski definition) is 2. The maximum absolute atomic E-state index is 13.7. The van der Waals surface area contributed by atoms with Crippen LogP contribution in [0.15, 0.2) is 59.7 Å². The van der Waals surface area contributed by atoms with Crippen molar-refractivity contribution in [2.24, 2.45) is 0 Å². The summed E-state index contributed by atoms with van der Waals surface area (Å²) in [5.74, 6) is -1.27. The second-order valence-electron chi connectivity index (χ2n) is 5.71. The van der Waals surface area contributed by atoms with Crippen LogP contribution in [0.3, 0.4) is 0 Å². The fourth-order valence-electron chi connectivity index (χ4n) is 2.64. The van der Waals surface area contributed by atoms with Crippen LogP contribution in [0, 0.1) is 11.6 Å². The zero-order valence-corrected chi connectivity index (χ0v) is 13.7. The predicted molar refractivity (Wildman–Crippen MR) is 95.0 cm³/mol. The first-order valence-corrected chi connectivity index (χ1v) is 7.84. The van der Waals surface area contributed by atoms with Gasteiger partial charge in [0.15, 0.2) is 17.5 Å². The highest BCUT2D eigenvalue weighted by molar-refractivity contribution is 5.81. The van der Waals surface area contributed by atoms with Crippen LogP contribution in [0.2, 0.25) is 0 Å². The van der Waals surface area contributed by atoms with Gasteiger partial charge in [-0.15, -0.1) is 0 Å². The van der Waals surface area contributed by atoms with Crippen LogP contribution in [-0.2, 0) is 0 Å². The van der Waals surface area contributed by atoms with E-state index in [9.17, 15) is 13.6 Å². The average molecular weight is 366 g/mol. The van der Waals surface area contributed by atoms with Crippen LogP contribution >= 0.6 is 0 Å². The van der Waals surface area contributed by atoms with E-state index in [-0.39, 0.29) is 5.56 Å². The molecule has 0 fully saturated rings. The van der Waals surface area contributed by atoms with Gasteiger partial charge in [-0.05, 0) is 42.0 Å². The number of aromatic amines is 1. The van der Waals surface area contributed by atoms with E-state index in [4.69, 9.17) is 5.73 Å². The SMILES string of the molecule is Nc1cc(-c2cn(-c3ccc(=O)[nH]n3)nc2-c2ccc(F)c(F)c2)ccn1. The largest absolute Gasteiger partial charge is 0.384 e. The molecule has 0 saturated carbocycles. The molecule has 0 aliphatic carbocycles. The molecule has 0 atom stereocenters. The predicted octanol–water partition coefficient (Wildman–Crippen LogP) is 2.55. The van der Waals surface area contributed by atoms with Crippen LogP contribution in [-0.4, -0.2) is 25.0 Å². The van der Waals surface area contributed by atoms with Gasteiger partial charge in [-0.1, -0.05) is 0 Å². The number of nitrogens with one attached hydrogen (secondary N) is 1. The summed E-state index contributed by atoms with van der Waals surface area (Å²) in [6.45, 7) is 0. The molecule has 1 aromatic carbocycles. The van der Waals surface area contributed by atoms with Crippen LogP contribution in [0.5, 0.6) is 0 Å². The first kappa shape index (κ1) is 16.6. The van der Waals surface area contributed by atoms with Crippen LogP contribution in [0.1, 0.15) is 0 Å². The van der Waals surface area contributed by atoms with Gasteiger partial charge in [-0.3, -0.25) is 4.79 Å². The Bertz CT molecular complexity index is 1180. The third-order valence-corrected chi connectivity index (χ3v) is 3.90.